The van der Waals surface area contributed by atoms with E-state index in [0.29, 0.717) is 29.5 Å². The number of unbranched alkanes of at least 4 members (excludes halogenated alkanes) is 1. The summed E-state index contributed by atoms with van der Waals surface area (Å²) in [6, 6.07) is 12.8. The summed E-state index contributed by atoms with van der Waals surface area (Å²) in [6.07, 6.45) is 1.47. The van der Waals surface area contributed by atoms with Crippen LogP contribution in [0.15, 0.2) is 42.5 Å². The van der Waals surface area contributed by atoms with Crippen LogP contribution in [0.1, 0.15) is 29.0 Å². The highest BCUT2D eigenvalue weighted by atomic mass is 35.5. The number of halogens is 2. The van der Waals surface area contributed by atoms with E-state index in [0.717, 1.165) is 23.3 Å². The minimum absolute atomic E-state index is 0.209. The predicted octanol–water partition coefficient (Wildman–Crippen LogP) is 4.94. The van der Waals surface area contributed by atoms with E-state index < -0.39 is 5.97 Å². The van der Waals surface area contributed by atoms with Gasteiger partial charge in [-0.25, -0.2) is 9.78 Å². The molecular weight excluding hydrogens is 425 g/mol. The maximum absolute atomic E-state index is 12.1. The number of carbonyl (C=O) groups is 1. The summed E-state index contributed by atoms with van der Waals surface area (Å²) in [5, 5.41) is 12.3. The average molecular weight is 444 g/mol. The van der Waals surface area contributed by atoms with Crippen LogP contribution in [0.25, 0.3) is 16.7 Å². The highest BCUT2D eigenvalue weighted by Crippen LogP contribution is 2.26. The molecule has 0 bridgehead atoms. The van der Waals surface area contributed by atoms with Crippen molar-refractivity contribution in [3.8, 4) is 0 Å². The topological polar surface area (TPSA) is 81.4 Å². The van der Waals surface area contributed by atoms with Gasteiger partial charge in [0.25, 0.3) is 0 Å². The van der Waals surface area contributed by atoms with Crippen molar-refractivity contribution in [2.75, 3.05) is 18.5 Å². The van der Waals surface area contributed by atoms with Crippen molar-refractivity contribution in [3.63, 3.8) is 0 Å². The first-order chi connectivity index (χ1) is 14.6. The molecule has 2 aromatic carbocycles. The van der Waals surface area contributed by atoms with Gasteiger partial charge in [-0.05, 0) is 44.0 Å². The van der Waals surface area contributed by atoms with Gasteiger partial charge in [-0.1, -0.05) is 41.4 Å². The summed E-state index contributed by atoms with van der Waals surface area (Å²) in [5.41, 5.74) is 2.79. The monoisotopic (exact) mass is 443 g/mol. The number of ether oxygens (including phenoxy) is 1. The van der Waals surface area contributed by atoms with E-state index in [1.807, 2.05) is 35.6 Å². The third kappa shape index (κ3) is 4.04. The van der Waals surface area contributed by atoms with Crippen molar-refractivity contribution in [2.24, 2.45) is 0 Å². The molecule has 0 saturated heterocycles. The Balaban J connectivity index is 1.33. The maximum atomic E-state index is 12.1. The number of hydrogen-bond donors (Lipinski definition) is 1. The Morgan fingerprint density at radius 3 is 2.80 bits per heavy atom. The molecule has 0 radical (unpaired) electrons. The Hall–Kier alpha value is -2.90. The summed E-state index contributed by atoms with van der Waals surface area (Å²) in [5.74, 6) is 1.00. The molecule has 0 aliphatic heterocycles. The number of aromatic nitrogens is 4. The Morgan fingerprint density at radius 2 is 1.93 bits per heavy atom. The van der Waals surface area contributed by atoms with E-state index >= 15 is 0 Å². The molecule has 4 aromatic rings. The summed E-state index contributed by atoms with van der Waals surface area (Å²) in [6.45, 7) is 2.85. The van der Waals surface area contributed by atoms with E-state index in [1.165, 1.54) is 0 Å². The SMILES string of the molecule is Cc1nnc2c(NCCCCOC(=O)c3cccc(Cl)c3Cl)nc3ccccc3n12. The molecule has 30 heavy (non-hydrogen) atoms. The highest BCUT2D eigenvalue weighted by molar-refractivity contribution is 6.43. The second-order valence-corrected chi connectivity index (χ2v) is 7.51. The molecule has 0 fully saturated rings. The van der Waals surface area contributed by atoms with Crippen LogP contribution in [0.3, 0.4) is 0 Å². The number of rotatable bonds is 7. The molecule has 7 nitrogen and oxygen atoms in total. The third-order valence-corrected chi connectivity index (χ3v) is 5.48. The van der Waals surface area contributed by atoms with E-state index in [-0.39, 0.29) is 17.2 Å². The first-order valence-corrected chi connectivity index (χ1v) is 10.3. The summed E-state index contributed by atoms with van der Waals surface area (Å²) >= 11 is 12.0. The normalized spacial score (nSPS) is 11.2. The molecule has 4 rings (SSSR count). The van der Waals surface area contributed by atoms with Crippen molar-refractivity contribution >= 4 is 51.7 Å². The highest BCUT2D eigenvalue weighted by Gasteiger charge is 2.14. The Labute approximate surface area is 183 Å². The number of nitrogens with one attached hydrogen (secondary N) is 1. The van der Waals surface area contributed by atoms with Gasteiger partial charge in [0, 0.05) is 6.54 Å². The Bertz CT molecular complexity index is 1220. The fraction of sp³-hybridized carbons (Fsp3) is 0.238. The number of hydrogen-bond acceptors (Lipinski definition) is 6. The number of para-hydroxylation sites is 2. The lowest BCUT2D eigenvalue weighted by Gasteiger charge is -2.10. The lowest BCUT2D eigenvalue weighted by molar-refractivity contribution is 0.0499. The predicted molar refractivity (Wildman–Crippen MR) is 117 cm³/mol. The first kappa shape index (κ1) is 20.4. The molecule has 9 heteroatoms. The second-order valence-electron chi connectivity index (χ2n) is 6.73. The molecule has 0 aliphatic carbocycles. The van der Waals surface area contributed by atoms with Crippen molar-refractivity contribution in [3.05, 3.63) is 63.9 Å². The fourth-order valence-electron chi connectivity index (χ4n) is 3.18. The van der Waals surface area contributed by atoms with Gasteiger partial charge in [0.1, 0.15) is 5.82 Å². The van der Waals surface area contributed by atoms with Crippen LogP contribution < -0.4 is 5.32 Å². The van der Waals surface area contributed by atoms with E-state index in [9.17, 15) is 4.79 Å². The van der Waals surface area contributed by atoms with Gasteiger partial charge in [0.2, 0.25) is 5.65 Å². The molecule has 0 amide bonds. The standard InChI is InChI=1S/C21H19Cl2N5O2/c1-13-26-27-20-19(25-16-9-2-3-10-17(16)28(13)20)24-11-4-5-12-30-21(29)14-7-6-8-15(22)18(14)23/h2-3,6-10H,4-5,11-12H2,1H3,(H,24,25). The van der Waals surface area contributed by atoms with Gasteiger partial charge >= 0.3 is 5.97 Å². The molecular formula is C21H19Cl2N5O2. The Kier molecular flexibility index (Phi) is 6.01. The number of carbonyl (C=O) groups excluding carboxylic acids is 1. The molecule has 0 spiro atoms. The smallest absolute Gasteiger partial charge is 0.339 e. The van der Waals surface area contributed by atoms with Crippen molar-refractivity contribution < 1.29 is 9.53 Å². The molecule has 154 valence electrons. The first-order valence-electron chi connectivity index (χ1n) is 9.52. The van der Waals surface area contributed by atoms with Crippen LogP contribution in [-0.4, -0.2) is 38.7 Å². The lowest BCUT2D eigenvalue weighted by Crippen LogP contribution is -2.10. The molecule has 0 aliphatic rings. The van der Waals surface area contributed by atoms with Gasteiger partial charge in [-0.2, -0.15) is 0 Å². The number of anilines is 1. The third-order valence-electron chi connectivity index (χ3n) is 4.66. The van der Waals surface area contributed by atoms with Crippen LogP contribution in [0.5, 0.6) is 0 Å². The Morgan fingerprint density at radius 1 is 1.10 bits per heavy atom. The quantitative estimate of drug-likeness (QED) is 0.321. The van der Waals surface area contributed by atoms with Gasteiger partial charge in [0.05, 0.1) is 33.2 Å². The average Bonchev–Trinajstić information content (AvgIpc) is 3.14. The summed E-state index contributed by atoms with van der Waals surface area (Å²) in [7, 11) is 0. The number of benzene rings is 2. The zero-order valence-corrected chi connectivity index (χ0v) is 17.7. The van der Waals surface area contributed by atoms with Crippen LogP contribution in [0.4, 0.5) is 5.82 Å². The van der Waals surface area contributed by atoms with Gasteiger partial charge in [-0.15, -0.1) is 10.2 Å². The second kappa shape index (κ2) is 8.85. The van der Waals surface area contributed by atoms with Gasteiger partial charge in [-0.3, -0.25) is 4.40 Å². The summed E-state index contributed by atoms with van der Waals surface area (Å²) in [4.78, 5) is 16.8. The molecule has 0 saturated carbocycles. The molecule has 0 unspecified atom stereocenters. The van der Waals surface area contributed by atoms with E-state index in [1.54, 1.807) is 18.2 Å². The van der Waals surface area contributed by atoms with Crippen molar-refractivity contribution in [1.82, 2.24) is 19.6 Å². The van der Waals surface area contributed by atoms with Crippen molar-refractivity contribution in [1.29, 1.82) is 0 Å². The van der Waals surface area contributed by atoms with Gasteiger partial charge in [0.15, 0.2) is 5.82 Å². The molecule has 0 atom stereocenters. The van der Waals surface area contributed by atoms with Crippen LogP contribution in [0, 0.1) is 6.92 Å². The van der Waals surface area contributed by atoms with Crippen LogP contribution in [0.2, 0.25) is 10.0 Å². The number of fused-ring (bicyclic) bond motifs is 3. The molecule has 2 heterocycles. The lowest BCUT2D eigenvalue weighted by atomic mass is 10.2. The van der Waals surface area contributed by atoms with Crippen LogP contribution in [-0.2, 0) is 4.74 Å². The number of nitrogens with zero attached hydrogens (tertiary/aromatic N) is 4. The van der Waals surface area contributed by atoms with Gasteiger partial charge < -0.3 is 10.1 Å². The minimum Gasteiger partial charge on any atom is -0.462 e. The van der Waals surface area contributed by atoms with E-state index in [2.05, 4.69) is 20.5 Å². The number of esters is 1. The number of aryl methyl sites for hydroxylation is 1. The molecule has 1 N–H and O–H groups in total. The zero-order valence-electron chi connectivity index (χ0n) is 16.2. The van der Waals surface area contributed by atoms with Crippen molar-refractivity contribution in [2.45, 2.75) is 19.8 Å². The van der Waals surface area contributed by atoms with E-state index in [4.69, 9.17) is 27.9 Å². The largest absolute Gasteiger partial charge is 0.462 e. The fourth-order valence-corrected chi connectivity index (χ4v) is 3.56. The zero-order chi connectivity index (χ0) is 21.1. The summed E-state index contributed by atoms with van der Waals surface area (Å²) < 4.78 is 7.28. The molecule has 2 aromatic heterocycles. The maximum Gasteiger partial charge on any atom is 0.339 e. The van der Waals surface area contributed by atoms with Crippen LogP contribution >= 0.6 is 23.2 Å². The minimum atomic E-state index is -0.479.